The molecule has 2 bridgehead atoms. The summed E-state index contributed by atoms with van der Waals surface area (Å²) >= 11 is 0. The molecule has 1 amide bonds. The van der Waals surface area contributed by atoms with Crippen molar-refractivity contribution in [1.29, 1.82) is 0 Å². The molecule has 3 aromatic rings. The van der Waals surface area contributed by atoms with Crippen LogP contribution in [0.5, 0.6) is 6.01 Å². The minimum absolute atomic E-state index is 0.109. The number of anilines is 1. The summed E-state index contributed by atoms with van der Waals surface area (Å²) in [4.78, 5) is 30.1. The predicted octanol–water partition coefficient (Wildman–Crippen LogP) is 7.49. The molecule has 49 heavy (non-hydrogen) atoms. The number of halogens is 2. The fourth-order valence-electron chi connectivity index (χ4n) is 9.72. The number of aryl methyl sites for hydroxylation is 1. The fourth-order valence-corrected chi connectivity index (χ4v) is 9.72. The number of rotatable bonds is 6. The van der Waals surface area contributed by atoms with Crippen molar-refractivity contribution in [3.8, 4) is 6.01 Å². The van der Waals surface area contributed by atoms with Gasteiger partial charge in [-0.2, -0.15) is 9.97 Å². The summed E-state index contributed by atoms with van der Waals surface area (Å²) < 4.78 is 42.0. The van der Waals surface area contributed by atoms with Crippen LogP contribution < -0.4 is 9.64 Å². The minimum atomic E-state index is -0.832. The third-order valence-corrected chi connectivity index (χ3v) is 11.8. The van der Waals surface area contributed by atoms with E-state index in [9.17, 15) is 9.18 Å². The SMILES string of the molecule is CCc1c(F)ccc2cccc(N3CCc4c(nc(OC[C@@]56CCCN5C[C@H](F)C6)nc4C4CC5CCC(C4)N5C(=O)OC(C)(C)C)C3)c12. The van der Waals surface area contributed by atoms with Gasteiger partial charge in [0.2, 0.25) is 0 Å². The lowest BCUT2D eigenvalue weighted by Gasteiger charge is -2.40. The minimum Gasteiger partial charge on any atom is -0.461 e. The molecule has 2 aromatic carbocycles. The summed E-state index contributed by atoms with van der Waals surface area (Å²) in [6, 6.07) is 10.2. The van der Waals surface area contributed by atoms with Gasteiger partial charge in [-0.3, -0.25) is 4.90 Å². The Bertz CT molecular complexity index is 1750. The molecule has 262 valence electrons. The van der Waals surface area contributed by atoms with E-state index in [1.807, 2.05) is 44.7 Å². The van der Waals surface area contributed by atoms with Crippen LogP contribution in [0.3, 0.4) is 0 Å². The number of nitrogens with zero attached hydrogens (tertiary/aromatic N) is 5. The third-order valence-electron chi connectivity index (χ3n) is 11.8. The van der Waals surface area contributed by atoms with E-state index in [1.165, 1.54) is 5.56 Å². The molecule has 0 N–H and O–H groups in total. The number of carbonyl (C=O) groups excluding carboxylic acids is 1. The first-order chi connectivity index (χ1) is 23.5. The Kier molecular flexibility index (Phi) is 8.24. The lowest BCUT2D eigenvalue weighted by atomic mass is 9.84. The van der Waals surface area contributed by atoms with Gasteiger partial charge in [0.15, 0.2) is 0 Å². The molecule has 4 atom stereocenters. The normalized spacial score (nSPS) is 28.2. The van der Waals surface area contributed by atoms with Crippen molar-refractivity contribution in [2.45, 2.75) is 127 Å². The number of ether oxygens (including phenoxy) is 2. The molecule has 8 rings (SSSR count). The zero-order chi connectivity index (χ0) is 34.1. The van der Waals surface area contributed by atoms with Crippen LogP contribution in [0.1, 0.15) is 101 Å². The van der Waals surface area contributed by atoms with Gasteiger partial charge in [-0.1, -0.05) is 25.1 Å². The van der Waals surface area contributed by atoms with Gasteiger partial charge in [0.05, 0.1) is 23.5 Å². The molecular formula is C39H49F2N5O3. The van der Waals surface area contributed by atoms with Crippen LogP contribution in [0, 0.1) is 5.82 Å². The van der Waals surface area contributed by atoms with E-state index in [0.29, 0.717) is 38.5 Å². The van der Waals surface area contributed by atoms with E-state index in [1.54, 1.807) is 6.07 Å². The van der Waals surface area contributed by atoms with E-state index in [-0.39, 0.29) is 35.5 Å². The highest BCUT2D eigenvalue weighted by atomic mass is 19.1. The standard InChI is InChI=1S/C39H49F2N5O3/c1-5-29-31(41)13-10-24-8-6-9-33(34(24)29)44-17-14-30-32(22-44)42-36(48-23-39-15-7-16-45(39)21-26(40)20-39)43-35(30)25-18-27-11-12-28(19-25)46(27)37(47)49-38(2,3)4/h6,8-10,13,25-28H,5,7,11-12,14-23H2,1-4H3/t25?,26-,27?,28?,39+/m1/s1. The average molecular weight is 674 g/mol. The quantitative estimate of drug-likeness (QED) is 0.269. The Morgan fingerprint density at radius 2 is 1.88 bits per heavy atom. The Labute approximate surface area is 288 Å². The van der Waals surface area contributed by atoms with Gasteiger partial charge in [-0.25, -0.2) is 13.6 Å². The van der Waals surface area contributed by atoms with Gasteiger partial charge in [0, 0.05) is 48.6 Å². The van der Waals surface area contributed by atoms with E-state index < -0.39 is 11.8 Å². The van der Waals surface area contributed by atoms with Gasteiger partial charge < -0.3 is 19.3 Å². The predicted molar refractivity (Wildman–Crippen MR) is 185 cm³/mol. The molecule has 4 fully saturated rings. The number of hydrogen-bond donors (Lipinski definition) is 0. The average Bonchev–Trinajstić information content (AvgIpc) is 3.68. The van der Waals surface area contributed by atoms with Gasteiger partial charge in [0.25, 0.3) is 0 Å². The second kappa shape index (κ2) is 12.4. The van der Waals surface area contributed by atoms with Gasteiger partial charge in [0.1, 0.15) is 24.2 Å². The van der Waals surface area contributed by atoms with Gasteiger partial charge >= 0.3 is 12.1 Å². The number of aromatic nitrogens is 2. The van der Waals surface area contributed by atoms with Crippen molar-refractivity contribution in [1.82, 2.24) is 19.8 Å². The first-order valence-electron chi connectivity index (χ1n) is 18.4. The number of amides is 1. The zero-order valence-corrected chi connectivity index (χ0v) is 29.3. The number of alkyl halides is 1. The monoisotopic (exact) mass is 673 g/mol. The van der Waals surface area contributed by atoms with Crippen molar-refractivity contribution < 1.29 is 23.0 Å². The molecule has 6 heterocycles. The Morgan fingerprint density at radius 3 is 2.63 bits per heavy atom. The molecule has 0 spiro atoms. The molecule has 0 saturated carbocycles. The summed E-state index contributed by atoms with van der Waals surface area (Å²) in [6.45, 7) is 10.8. The molecular weight excluding hydrogens is 624 g/mol. The molecule has 0 radical (unpaired) electrons. The van der Waals surface area contributed by atoms with Gasteiger partial charge in [-0.15, -0.1) is 0 Å². The van der Waals surface area contributed by atoms with Crippen molar-refractivity contribution in [2.24, 2.45) is 0 Å². The first-order valence-corrected chi connectivity index (χ1v) is 18.4. The highest BCUT2D eigenvalue weighted by Gasteiger charge is 2.50. The van der Waals surface area contributed by atoms with E-state index >= 15 is 4.39 Å². The van der Waals surface area contributed by atoms with Crippen LogP contribution >= 0.6 is 0 Å². The van der Waals surface area contributed by atoms with Gasteiger partial charge in [-0.05, 0) is 107 Å². The molecule has 10 heteroatoms. The highest BCUT2D eigenvalue weighted by molar-refractivity contribution is 5.97. The lowest BCUT2D eigenvalue weighted by molar-refractivity contribution is 0.00561. The summed E-state index contributed by atoms with van der Waals surface area (Å²) in [5.41, 5.74) is 4.07. The molecule has 0 aliphatic carbocycles. The Hall–Kier alpha value is -3.53. The number of hydrogen-bond acceptors (Lipinski definition) is 7. The van der Waals surface area contributed by atoms with Crippen LogP contribution in [-0.2, 0) is 24.1 Å². The van der Waals surface area contributed by atoms with Crippen LogP contribution in [0.2, 0.25) is 0 Å². The second-order valence-electron chi connectivity index (χ2n) is 16.0. The van der Waals surface area contributed by atoms with Crippen molar-refractivity contribution in [3.05, 3.63) is 58.7 Å². The molecule has 2 unspecified atom stereocenters. The summed E-state index contributed by atoms with van der Waals surface area (Å²) in [7, 11) is 0. The largest absolute Gasteiger partial charge is 0.461 e. The number of fused-ring (bicyclic) bond motifs is 5. The molecule has 4 saturated heterocycles. The molecule has 5 aliphatic rings. The van der Waals surface area contributed by atoms with Crippen molar-refractivity contribution in [2.75, 3.05) is 31.1 Å². The third kappa shape index (κ3) is 5.91. The molecule has 1 aromatic heterocycles. The number of piperidine rings is 1. The van der Waals surface area contributed by atoms with Crippen molar-refractivity contribution >= 4 is 22.6 Å². The van der Waals surface area contributed by atoms with E-state index in [0.717, 1.165) is 91.4 Å². The maximum Gasteiger partial charge on any atom is 0.410 e. The number of carbonyl (C=O) groups is 1. The second-order valence-corrected chi connectivity index (χ2v) is 16.0. The van der Waals surface area contributed by atoms with Crippen molar-refractivity contribution in [3.63, 3.8) is 0 Å². The summed E-state index contributed by atoms with van der Waals surface area (Å²) in [5, 5.41) is 2.00. The van der Waals surface area contributed by atoms with E-state index in [2.05, 4.69) is 21.9 Å². The Morgan fingerprint density at radius 1 is 1.08 bits per heavy atom. The maximum absolute atomic E-state index is 15.1. The molecule has 8 nitrogen and oxygen atoms in total. The van der Waals surface area contributed by atoms with Crippen LogP contribution in [0.25, 0.3) is 10.8 Å². The summed E-state index contributed by atoms with van der Waals surface area (Å²) in [6.07, 6.45) is 6.36. The van der Waals surface area contributed by atoms with Crippen LogP contribution in [0.15, 0.2) is 30.3 Å². The van der Waals surface area contributed by atoms with E-state index in [4.69, 9.17) is 19.4 Å². The lowest BCUT2D eigenvalue weighted by Crippen LogP contribution is -2.48. The fraction of sp³-hybridized carbons (Fsp3) is 0.615. The topological polar surface area (TPSA) is 71.0 Å². The Balaban J connectivity index is 1.13. The first kappa shape index (κ1) is 32.7. The highest BCUT2D eigenvalue weighted by Crippen LogP contribution is 2.46. The summed E-state index contributed by atoms with van der Waals surface area (Å²) in [5.74, 6) is -0.00157. The maximum atomic E-state index is 15.1. The smallest absolute Gasteiger partial charge is 0.410 e. The number of benzene rings is 2. The van der Waals surface area contributed by atoms with Crippen LogP contribution in [-0.4, -0.2) is 81.5 Å². The zero-order valence-electron chi connectivity index (χ0n) is 29.3. The van der Waals surface area contributed by atoms with Crippen LogP contribution in [0.4, 0.5) is 19.3 Å². The molecule has 5 aliphatic heterocycles.